The summed E-state index contributed by atoms with van der Waals surface area (Å²) in [6, 6.07) is 12.4. The van der Waals surface area contributed by atoms with Gasteiger partial charge in [-0.3, -0.25) is 29.7 Å². The van der Waals surface area contributed by atoms with Crippen LogP contribution < -0.4 is 14.9 Å². The molecule has 1 amide bonds. The second kappa shape index (κ2) is 10.7. The topological polar surface area (TPSA) is 194 Å². The fraction of sp³-hybridized carbons (Fsp3) is 0.174. The zero-order chi connectivity index (χ0) is 27.4. The van der Waals surface area contributed by atoms with Crippen LogP contribution in [0.5, 0.6) is 5.75 Å². The van der Waals surface area contributed by atoms with Crippen molar-refractivity contribution in [1.82, 2.24) is 0 Å². The SMILES string of the molecule is O=C(Nc1ccc(S(=O)(=O)Nc2ccc(O)cc2)cc1)c1cc([N+](=O)[O-])c(N2CCOCC2)c([N+](=O)[O-])c1. The van der Waals surface area contributed by atoms with E-state index in [1.165, 1.54) is 53.4 Å². The molecule has 1 fully saturated rings. The molecule has 0 atom stereocenters. The number of nitrogens with zero attached hydrogens (tertiary/aromatic N) is 3. The van der Waals surface area contributed by atoms with Crippen LogP contribution >= 0.6 is 0 Å². The fourth-order valence-corrected chi connectivity index (χ4v) is 4.85. The maximum Gasteiger partial charge on any atom is 0.300 e. The van der Waals surface area contributed by atoms with Gasteiger partial charge in [-0.2, -0.15) is 0 Å². The Morgan fingerprint density at radius 3 is 1.95 bits per heavy atom. The Hall–Kier alpha value is -4.76. The highest BCUT2D eigenvalue weighted by molar-refractivity contribution is 7.92. The molecule has 0 spiro atoms. The molecule has 14 nitrogen and oxygen atoms in total. The Labute approximate surface area is 215 Å². The highest BCUT2D eigenvalue weighted by atomic mass is 32.2. The summed E-state index contributed by atoms with van der Waals surface area (Å²) in [5.74, 6) is -0.887. The zero-order valence-corrected chi connectivity index (χ0v) is 20.4. The van der Waals surface area contributed by atoms with Crippen LogP contribution in [-0.4, -0.2) is 55.6 Å². The normalized spacial score (nSPS) is 13.5. The number of carbonyl (C=O) groups is 1. The number of nitro benzene ring substituents is 2. The van der Waals surface area contributed by atoms with Gasteiger partial charge in [-0.15, -0.1) is 0 Å². The van der Waals surface area contributed by atoms with Crippen LogP contribution in [0.4, 0.5) is 28.4 Å². The Kier molecular flexibility index (Phi) is 7.40. The number of hydrogen-bond donors (Lipinski definition) is 3. The van der Waals surface area contributed by atoms with Gasteiger partial charge < -0.3 is 20.1 Å². The maximum absolute atomic E-state index is 12.9. The van der Waals surface area contributed by atoms with Gasteiger partial charge in [-0.1, -0.05) is 0 Å². The van der Waals surface area contributed by atoms with Gasteiger partial charge in [0, 0.05) is 36.6 Å². The Morgan fingerprint density at radius 1 is 0.895 bits per heavy atom. The molecule has 3 N–H and O–H groups in total. The number of nitrogens with one attached hydrogen (secondary N) is 2. The molecule has 1 aliphatic heterocycles. The molecule has 0 aromatic heterocycles. The van der Waals surface area contributed by atoms with Crippen molar-refractivity contribution in [3.63, 3.8) is 0 Å². The Morgan fingerprint density at radius 2 is 1.42 bits per heavy atom. The average Bonchev–Trinajstić information content (AvgIpc) is 2.89. The molecule has 0 saturated carbocycles. The molecule has 0 radical (unpaired) electrons. The van der Waals surface area contributed by atoms with Crippen LogP contribution in [0.3, 0.4) is 0 Å². The van der Waals surface area contributed by atoms with E-state index in [0.717, 1.165) is 12.1 Å². The largest absolute Gasteiger partial charge is 0.508 e. The van der Waals surface area contributed by atoms with E-state index in [9.17, 15) is 38.5 Å². The van der Waals surface area contributed by atoms with Gasteiger partial charge in [0.05, 0.1) is 33.5 Å². The average molecular weight is 544 g/mol. The third-order valence-corrected chi connectivity index (χ3v) is 6.99. The summed E-state index contributed by atoms with van der Waals surface area (Å²) >= 11 is 0. The van der Waals surface area contributed by atoms with Gasteiger partial charge in [-0.05, 0) is 48.5 Å². The molecule has 1 saturated heterocycles. The van der Waals surface area contributed by atoms with Crippen molar-refractivity contribution in [1.29, 1.82) is 0 Å². The molecule has 4 rings (SSSR count). The molecular weight excluding hydrogens is 522 g/mol. The van der Waals surface area contributed by atoms with Crippen LogP contribution in [0.15, 0.2) is 65.6 Å². The zero-order valence-electron chi connectivity index (χ0n) is 19.6. The van der Waals surface area contributed by atoms with Gasteiger partial charge in [-0.25, -0.2) is 8.42 Å². The summed E-state index contributed by atoms with van der Waals surface area (Å²) in [6.45, 7) is 0.910. The summed E-state index contributed by atoms with van der Waals surface area (Å²) in [5, 5.41) is 35.3. The number of phenolic OH excluding ortho intramolecular Hbond substituents is 1. The molecule has 0 bridgehead atoms. The lowest BCUT2D eigenvalue weighted by atomic mass is 10.1. The quantitative estimate of drug-likeness (QED) is 0.216. The number of morpholine rings is 1. The number of amides is 1. The summed E-state index contributed by atoms with van der Waals surface area (Å²) in [4.78, 5) is 36.2. The number of sulfonamides is 1. The number of anilines is 3. The van der Waals surface area contributed by atoms with E-state index in [4.69, 9.17) is 4.74 Å². The van der Waals surface area contributed by atoms with E-state index in [0.29, 0.717) is 0 Å². The van der Waals surface area contributed by atoms with Crippen molar-refractivity contribution in [2.45, 2.75) is 4.90 Å². The number of carbonyl (C=O) groups excluding carboxylic acids is 1. The number of ether oxygens (including phenoxy) is 1. The lowest BCUT2D eigenvalue weighted by Gasteiger charge is -2.28. The van der Waals surface area contributed by atoms with Gasteiger partial charge in [0.1, 0.15) is 5.75 Å². The minimum Gasteiger partial charge on any atom is -0.508 e. The van der Waals surface area contributed by atoms with Crippen molar-refractivity contribution in [2.24, 2.45) is 0 Å². The molecule has 198 valence electrons. The number of benzene rings is 3. The summed E-state index contributed by atoms with van der Waals surface area (Å²) in [6.07, 6.45) is 0. The van der Waals surface area contributed by atoms with Crippen molar-refractivity contribution >= 4 is 44.4 Å². The lowest BCUT2D eigenvalue weighted by molar-refractivity contribution is -0.392. The molecule has 1 aliphatic rings. The van der Waals surface area contributed by atoms with Crippen molar-refractivity contribution in [3.05, 3.63) is 86.5 Å². The van der Waals surface area contributed by atoms with Crippen LogP contribution in [0.25, 0.3) is 0 Å². The lowest BCUT2D eigenvalue weighted by Crippen LogP contribution is -2.37. The minimum atomic E-state index is -3.98. The Bertz CT molecular complexity index is 1450. The van der Waals surface area contributed by atoms with E-state index in [1.54, 1.807) is 0 Å². The monoisotopic (exact) mass is 543 g/mol. The molecular formula is C23H21N5O9S. The minimum absolute atomic E-state index is 0.0283. The third kappa shape index (κ3) is 5.79. The number of hydrogen-bond acceptors (Lipinski definition) is 10. The van der Waals surface area contributed by atoms with E-state index in [2.05, 4.69) is 10.0 Å². The first-order valence-corrected chi connectivity index (χ1v) is 12.6. The summed E-state index contributed by atoms with van der Waals surface area (Å²) in [5.41, 5.74) is -1.31. The maximum atomic E-state index is 12.9. The van der Waals surface area contributed by atoms with Gasteiger partial charge in [0.2, 0.25) is 0 Å². The van der Waals surface area contributed by atoms with Crippen molar-refractivity contribution in [2.75, 3.05) is 41.2 Å². The molecule has 3 aromatic rings. The molecule has 15 heteroatoms. The summed E-state index contributed by atoms with van der Waals surface area (Å²) < 4.78 is 32.8. The molecule has 0 unspecified atom stereocenters. The van der Waals surface area contributed by atoms with Crippen molar-refractivity contribution in [3.8, 4) is 5.75 Å². The molecule has 3 aromatic carbocycles. The van der Waals surface area contributed by atoms with E-state index < -0.39 is 37.2 Å². The highest BCUT2D eigenvalue weighted by Gasteiger charge is 2.33. The molecule has 0 aliphatic carbocycles. The van der Waals surface area contributed by atoms with Gasteiger partial charge >= 0.3 is 0 Å². The predicted octanol–water partition coefficient (Wildman–Crippen LogP) is 3.10. The number of nitro groups is 2. The van der Waals surface area contributed by atoms with Crippen LogP contribution in [-0.2, 0) is 14.8 Å². The van der Waals surface area contributed by atoms with E-state index in [1.807, 2.05) is 0 Å². The second-order valence-corrected chi connectivity index (χ2v) is 9.79. The van der Waals surface area contributed by atoms with Crippen LogP contribution in [0, 0.1) is 20.2 Å². The standard InChI is InChI=1S/C23H21N5O9S/c29-18-5-1-17(2-6-18)25-38(35,36)19-7-3-16(4-8-19)24-23(30)15-13-20(27(31)32)22(21(14-15)28(33)34)26-9-11-37-12-10-26/h1-8,13-14,25,29H,9-12H2,(H,24,30). The fourth-order valence-electron chi connectivity index (χ4n) is 3.79. The molecule has 38 heavy (non-hydrogen) atoms. The van der Waals surface area contributed by atoms with Gasteiger partial charge in [0.15, 0.2) is 5.69 Å². The smallest absolute Gasteiger partial charge is 0.300 e. The van der Waals surface area contributed by atoms with Crippen molar-refractivity contribution < 1.29 is 32.9 Å². The van der Waals surface area contributed by atoms with E-state index in [-0.39, 0.29) is 59.6 Å². The van der Waals surface area contributed by atoms with Crippen LogP contribution in [0.1, 0.15) is 10.4 Å². The summed E-state index contributed by atoms with van der Waals surface area (Å²) in [7, 11) is -3.98. The first-order chi connectivity index (χ1) is 18.0. The Balaban J connectivity index is 1.57. The number of aromatic hydroxyl groups is 1. The van der Waals surface area contributed by atoms with Gasteiger partial charge in [0.25, 0.3) is 27.3 Å². The number of rotatable bonds is 8. The first-order valence-electron chi connectivity index (χ1n) is 11.1. The van der Waals surface area contributed by atoms with Crippen LogP contribution in [0.2, 0.25) is 0 Å². The first kappa shape index (κ1) is 26.3. The second-order valence-electron chi connectivity index (χ2n) is 8.11. The highest BCUT2D eigenvalue weighted by Crippen LogP contribution is 2.39. The number of phenols is 1. The molecule has 1 heterocycles. The third-order valence-electron chi connectivity index (χ3n) is 5.59. The van der Waals surface area contributed by atoms with E-state index >= 15 is 0 Å². The predicted molar refractivity (Wildman–Crippen MR) is 136 cm³/mol.